The van der Waals surface area contributed by atoms with Crippen molar-refractivity contribution in [3.05, 3.63) is 35.9 Å². The van der Waals surface area contributed by atoms with Gasteiger partial charge in [0.05, 0.1) is 6.04 Å². The van der Waals surface area contributed by atoms with Crippen LogP contribution < -0.4 is 0 Å². The molecule has 0 spiro atoms. The Labute approximate surface area is 116 Å². The lowest BCUT2D eigenvalue weighted by Gasteiger charge is -2.33. The average Bonchev–Trinajstić information content (AvgIpc) is 3.23. The van der Waals surface area contributed by atoms with Gasteiger partial charge in [-0.05, 0) is 39.0 Å². The minimum Gasteiger partial charge on any atom is -0.292 e. The van der Waals surface area contributed by atoms with Crippen LogP contribution >= 0.6 is 0 Å². The van der Waals surface area contributed by atoms with E-state index in [4.69, 9.17) is 0 Å². The van der Waals surface area contributed by atoms with E-state index >= 15 is 0 Å². The highest BCUT2D eigenvalue weighted by Crippen LogP contribution is 2.31. The molecule has 2 rings (SSSR count). The van der Waals surface area contributed by atoms with Crippen molar-refractivity contribution in [3.63, 3.8) is 0 Å². The Morgan fingerprint density at radius 3 is 2.37 bits per heavy atom. The average molecular weight is 259 g/mol. The van der Waals surface area contributed by atoms with Crippen LogP contribution in [0.15, 0.2) is 30.3 Å². The van der Waals surface area contributed by atoms with Crippen LogP contribution in [0, 0.1) is 5.92 Å². The van der Waals surface area contributed by atoms with Crippen LogP contribution in [0.1, 0.15) is 50.4 Å². The normalized spacial score (nSPS) is 16.9. The number of ketones is 1. The second-order valence-electron chi connectivity index (χ2n) is 5.89. The maximum Gasteiger partial charge on any atom is 0.179 e. The van der Waals surface area contributed by atoms with Gasteiger partial charge in [-0.3, -0.25) is 9.69 Å². The molecule has 0 radical (unpaired) electrons. The molecule has 19 heavy (non-hydrogen) atoms. The van der Waals surface area contributed by atoms with Gasteiger partial charge in [-0.25, -0.2) is 0 Å². The Morgan fingerprint density at radius 1 is 1.26 bits per heavy atom. The zero-order chi connectivity index (χ0) is 13.8. The van der Waals surface area contributed by atoms with Crippen LogP contribution in [0.4, 0.5) is 0 Å². The molecule has 2 nitrogen and oxygen atoms in total. The minimum absolute atomic E-state index is 0.0306. The van der Waals surface area contributed by atoms with Gasteiger partial charge in [-0.1, -0.05) is 37.3 Å². The molecule has 1 unspecified atom stereocenters. The first-order valence-electron chi connectivity index (χ1n) is 7.48. The van der Waals surface area contributed by atoms with E-state index in [0.717, 1.165) is 24.4 Å². The van der Waals surface area contributed by atoms with Gasteiger partial charge in [0.25, 0.3) is 0 Å². The Balaban J connectivity index is 2.14. The number of carbonyl (C=O) groups excluding carboxylic acids is 1. The highest BCUT2D eigenvalue weighted by Gasteiger charge is 2.32. The molecule has 1 saturated carbocycles. The minimum atomic E-state index is 0.0306. The van der Waals surface area contributed by atoms with Crippen LogP contribution in [0.3, 0.4) is 0 Å². The van der Waals surface area contributed by atoms with Gasteiger partial charge in [0.1, 0.15) is 0 Å². The molecule has 1 atom stereocenters. The third-order valence-electron chi connectivity index (χ3n) is 3.98. The lowest BCUT2D eigenvalue weighted by Crippen LogP contribution is -2.46. The molecule has 0 heterocycles. The van der Waals surface area contributed by atoms with E-state index in [9.17, 15) is 4.79 Å². The number of hydrogen-bond acceptors (Lipinski definition) is 2. The summed E-state index contributed by atoms with van der Waals surface area (Å²) in [4.78, 5) is 15.1. The van der Waals surface area contributed by atoms with Crippen molar-refractivity contribution in [3.8, 4) is 0 Å². The maximum absolute atomic E-state index is 12.7. The number of hydrogen-bond donors (Lipinski definition) is 0. The number of nitrogens with zero attached hydrogens (tertiary/aromatic N) is 1. The molecule has 1 aliphatic rings. The molecule has 0 aromatic heterocycles. The van der Waals surface area contributed by atoms with Crippen molar-refractivity contribution >= 4 is 5.78 Å². The number of benzene rings is 1. The van der Waals surface area contributed by atoms with Crippen molar-refractivity contribution in [2.45, 2.75) is 52.1 Å². The predicted molar refractivity (Wildman–Crippen MR) is 79.4 cm³/mol. The Kier molecular flexibility index (Phi) is 4.76. The molecule has 2 heteroatoms. The molecule has 1 aliphatic carbocycles. The highest BCUT2D eigenvalue weighted by atomic mass is 16.1. The highest BCUT2D eigenvalue weighted by molar-refractivity contribution is 6.00. The van der Waals surface area contributed by atoms with E-state index < -0.39 is 0 Å². The zero-order valence-corrected chi connectivity index (χ0v) is 12.3. The summed E-state index contributed by atoms with van der Waals surface area (Å²) in [6.07, 6.45) is 3.55. The standard InChI is InChI=1S/C17H25NO/c1-4-16(17(19)15-8-6-5-7-9-15)18(13(2)3)12-14-10-11-14/h5-9,13-14,16H,4,10-12H2,1-3H3. The van der Waals surface area contributed by atoms with Crippen molar-refractivity contribution in [2.75, 3.05) is 6.54 Å². The second kappa shape index (κ2) is 6.33. The second-order valence-corrected chi connectivity index (χ2v) is 5.89. The fraction of sp³-hybridized carbons (Fsp3) is 0.588. The van der Waals surface area contributed by atoms with Crippen LogP contribution in [-0.4, -0.2) is 29.3 Å². The first-order chi connectivity index (χ1) is 9.13. The Hall–Kier alpha value is -1.15. The molecule has 0 saturated heterocycles. The summed E-state index contributed by atoms with van der Waals surface area (Å²) in [6.45, 7) is 7.59. The molecule has 0 N–H and O–H groups in total. The van der Waals surface area contributed by atoms with Gasteiger partial charge in [-0.2, -0.15) is 0 Å². The first kappa shape index (κ1) is 14.3. The van der Waals surface area contributed by atoms with E-state index in [1.54, 1.807) is 0 Å². The van der Waals surface area contributed by atoms with Gasteiger partial charge < -0.3 is 0 Å². The molecular formula is C17H25NO. The van der Waals surface area contributed by atoms with Crippen LogP contribution in [0.5, 0.6) is 0 Å². The SMILES string of the molecule is CCC(C(=O)c1ccccc1)N(CC1CC1)C(C)C. The van der Waals surface area contributed by atoms with E-state index in [1.165, 1.54) is 12.8 Å². The van der Waals surface area contributed by atoms with Gasteiger partial charge >= 0.3 is 0 Å². The van der Waals surface area contributed by atoms with Gasteiger partial charge in [-0.15, -0.1) is 0 Å². The largest absolute Gasteiger partial charge is 0.292 e. The molecule has 0 aliphatic heterocycles. The molecule has 1 aromatic rings. The topological polar surface area (TPSA) is 20.3 Å². The quantitative estimate of drug-likeness (QED) is 0.695. The maximum atomic E-state index is 12.7. The molecule has 0 bridgehead atoms. The van der Waals surface area contributed by atoms with Crippen LogP contribution in [-0.2, 0) is 0 Å². The summed E-state index contributed by atoms with van der Waals surface area (Å²) >= 11 is 0. The Bertz CT molecular complexity index is 409. The molecule has 0 amide bonds. The van der Waals surface area contributed by atoms with Crippen molar-refractivity contribution in [1.29, 1.82) is 0 Å². The van der Waals surface area contributed by atoms with E-state index in [1.807, 2.05) is 30.3 Å². The summed E-state index contributed by atoms with van der Waals surface area (Å²) in [5.41, 5.74) is 0.843. The third-order valence-corrected chi connectivity index (χ3v) is 3.98. The Morgan fingerprint density at radius 2 is 1.89 bits per heavy atom. The van der Waals surface area contributed by atoms with Crippen LogP contribution in [0.2, 0.25) is 0 Å². The van der Waals surface area contributed by atoms with Crippen LogP contribution in [0.25, 0.3) is 0 Å². The third kappa shape index (κ3) is 3.66. The van der Waals surface area contributed by atoms with Crippen molar-refractivity contribution < 1.29 is 4.79 Å². The fourth-order valence-electron chi connectivity index (χ4n) is 2.66. The summed E-state index contributed by atoms with van der Waals surface area (Å²) in [7, 11) is 0. The van der Waals surface area contributed by atoms with E-state index in [0.29, 0.717) is 6.04 Å². The lowest BCUT2D eigenvalue weighted by molar-refractivity contribution is 0.0742. The number of rotatable bonds is 7. The summed E-state index contributed by atoms with van der Waals surface area (Å²) in [5, 5.41) is 0. The van der Waals surface area contributed by atoms with E-state index in [-0.39, 0.29) is 11.8 Å². The predicted octanol–water partition coefficient (Wildman–Crippen LogP) is 3.77. The van der Waals surface area contributed by atoms with Gasteiger partial charge in [0.2, 0.25) is 0 Å². The summed E-state index contributed by atoms with van der Waals surface area (Å²) in [5.74, 6) is 1.09. The first-order valence-corrected chi connectivity index (χ1v) is 7.48. The van der Waals surface area contributed by atoms with Gasteiger partial charge in [0, 0.05) is 18.2 Å². The van der Waals surface area contributed by atoms with Crippen molar-refractivity contribution in [1.82, 2.24) is 4.90 Å². The number of Topliss-reactive ketones (excluding diaryl/α,β-unsaturated/α-hetero) is 1. The zero-order valence-electron chi connectivity index (χ0n) is 12.3. The summed E-state index contributed by atoms with van der Waals surface area (Å²) < 4.78 is 0. The van der Waals surface area contributed by atoms with E-state index in [2.05, 4.69) is 25.7 Å². The monoisotopic (exact) mass is 259 g/mol. The smallest absolute Gasteiger partial charge is 0.179 e. The molecular weight excluding hydrogens is 234 g/mol. The number of carbonyl (C=O) groups is 1. The van der Waals surface area contributed by atoms with Crippen molar-refractivity contribution in [2.24, 2.45) is 5.92 Å². The lowest BCUT2D eigenvalue weighted by atomic mass is 9.99. The molecule has 1 fully saturated rings. The molecule has 1 aromatic carbocycles. The van der Waals surface area contributed by atoms with Gasteiger partial charge in [0.15, 0.2) is 5.78 Å². The molecule has 104 valence electrons. The summed E-state index contributed by atoms with van der Waals surface area (Å²) in [6, 6.07) is 10.2. The fourth-order valence-corrected chi connectivity index (χ4v) is 2.66.